The fraction of sp³-hybridized carbons (Fsp3) is 0.611. The van der Waals surface area contributed by atoms with E-state index in [1.54, 1.807) is 0 Å². The third kappa shape index (κ3) is 7.23. The molecule has 1 aliphatic heterocycles. The van der Waals surface area contributed by atoms with E-state index in [1.807, 2.05) is 0 Å². The van der Waals surface area contributed by atoms with Crippen LogP contribution in [0.5, 0.6) is 5.75 Å². The molecule has 1 aromatic carbocycles. The number of halogens is 1. The Labute approximate surface area is 145 Å². The molecule has 2 N–H and O–H groups in total. The number of ether oxygens (including phenoxy) is 1. The second-order valence-corrected chi connectivity index (χ2v) is 6.17. The Morgan fingerprint density at radius 3 is 2.91 bits per heavy atom. The molecule has 1 amide bonds. The number of rotatable bonds is 8. The van der Waals surface area contributed by atoms with E-state index in [0.29, 0.717) is 19.1 Å². The second-order valence-electron chi connectivity index (χ2n) is 6.17. The molecule has 1 heterocycles. The molecule has 130 valence electrons. The Hall–Kier alpha value is -1.26. The van der Waals surface area contributed by atoms with E-state index in [2.05, 4.69) is 42.7 Å². The van der Waals surface area contributed by atoms with Crippen LogP contribution in [0.3, 0.4) is 0 Å². The summed E-state index contributed by atoms with van der Waals surface area (Å²) >= 11 is 0. The van der Waals surface area contributed by atoms with Gasteiger partial charge < -0.3 is 15.4 Å². The van der Waals surface area contributed by atoms with Gasteiger partial charge in [-0.15, -0.1) is 12.4 Å². The monoisotopic (exact) mass is 340 g/mol. The number of hydrogen-bond donors (Lipinski definition) is 2. The van der Waals surface area contributed by atoms with Crippen molar-refractivity contribution in [3.05, 3.63) is 29.3 Å². The summed E-state index contributed by atoms with van der Waals surface area (Å²) in [5, 5.41) is 6.39. The van der Waals surface area contributed by atoms with Crippen LogP contribution in [0.4, 0.5) is 0 Å². The van der Waals surface area contributed by atoms with Crippen molar-refractivity contribution in [2.75, 3.05) is 19.7 Å². The van der Waals surface area contributed by atoms with Gasteiger partial charge in [-0.25, -0.2) is 0 Å². The first-order valence-electron chi connectivity index (χ1n) is 8.35. The van der Waals surface area contributed by atoms with Crippen LogP contribution in [0.2, 0.25) is 0 Å². The maximum absolute atomic E-state index is 11.8. The van der Waals surface area contributed by atoms with E-state index >= 15 is 0 Å². The lowest BCUT2D eigenvalue weighted by atomic mass is 10.1. The highest BCUT2D eigenvalue weighted by molar-refractivity contribution is 5.85. The molecule has 2 rings (SSSR count). The molecule has 0 aliphatic carbocycles. The maximum Gasteiger partial charge on any atom is 0.220 e. The van der Waals surface area contributed by atoms with Crippen LogP contribution in [0.25, 0.3) is 0 Å². The SMILES string of the molecule is Cc1ccc(C)c(OCCCCC(=O)NCC2CCCN2)c1.Cl. The summed E-state index contributed by atoms with van der Waals surface area (Å²) in [5.74, 6) is 1.11. The highest BCUT2D eigenvalue weighted by atomic mass is 35.5. The predicted octanol–water partition coefficient (Wildman–Crippen LogP) is 3.14. The van der Waals surface area contributed by atoms with Crippen molar-refractivity contribution in [3.63, 3.8) is 0 Å². The molecule has 1 unspecified atom stereocenters. The zero-order chi connectivity index (χ0) is 15.8. The first-order chi connectivity index (χ1) is 10.6. The smallest absolute Gasteiger partial charge is 0.220 e. The third-order valence-corrected chi connectivity index (χ3v) is 4.11. The van der Waals surface area contributed by atoms with Gasteiger partial charge in [-0.1, -0.05) is 12.1 Å². The molecule has 1 aromatic rings. The summed E-state index contributed by atoms with van der Waals surface area (Å²) in [4.78, 5) is 11.8. The van der Waals surface area contributed by atoms with Crippen molar-refractivity contribution in [3.8, 4) is 5.75 Å². The maximum atomic E-state index is 11.8. The Bertz CT molecular complexity index is 488. The molecule has 0 saturated carbocycles. The lowest BCUT2D eigenvalue weighted by Gasteiger charge is -2.12. The average molecular weight is 341 g/mol. The zero-order valence-corrected chi connectivity index (χ0v) is 15.0. The summed E-state index contributed by atoms with van der Waals surface area (Å²) in [6.07, 6.45) is 4.75. The molecular formula is C18H29ClN2O2. The standard InChI is InChI=1S/C18H28N2O2.ClH/c1-14-8-9-15(2)17(12-14)22-11-4-3-7-18(21)20-13-16-6-5-10-19-16;/h8-9,12,16,19H,3-7,10-11,13H2,1-2H3,(H,20,21);1H. The quantitative estimate of drug-likeness (QED) is 0.715. The molecule has 23 heavy (non-hydrogen) atoms. The minimum atomic E-state index is 0. The van der Waals surface area contributed by atoms with E-state index in [1.165, 1.54) is 18.4 Å². The van der Waals surface area contributed by atoms with Crippen LogP contribution in [0.1, 0.15) is 43.2 Å². The molecule has 1 aliphatic rings. The summed E-state index contributed by atoms with van der Waals surface area (Å²) in [5.41, 5.74) is 2.37. The molecule has 5 heteroatoms. The van der Waals surface area contributed by atoms with Gasteiger partial charge in [0, 0.05) is 19.0 Å². The van der Waals surface area contributed by atoms with E-state index < -0.39 is 0 Å². The van der Waals surface area contributed by atoms with E-state index in [-0.39, 0.29) is 18.3 Å². The lowest BCUT2D eigenvalue weighted by Crippen LogP contribution is -2.37. The summed E-state index contributed by atoms with van der Waals surface area (Å²) in [6, 6.07) is 6.70. The van der Waals surface area contributed by atoms with E-state index in [4.69, 9.17) is 4.74 Å². The Morgan fingerprint density at radius 2 is 2.17 bits per heavy atom. The van der Waals surface area contributed by atoms with Gasteiger partial charge in [-0.05, 0) is 63.3 Å². The summed E-state index contributed by atoms with van der Waals surface area (Å²) in [6.45, 7) is 6.63. The Balaban J connectivity index is 0.00000264. The molecule has 0 radical (unpaired) electrons. The molecule has 1 atom stereocenters. The van der Waals surface area contributed by atoms with Crippen molar-refractivity contribution in [1.82, 2.24) is 10.6 Å². The van der Waals surface area contributed by atoms with Crippen molar-refractivity contribution in [2.24, 2.45) is 0 Å². The van der Waals surface area contributed by atoms with Crippen molar-refractivity contribution in [2.45, 2.75) is 52.0 Å². The van der Waals surface area contributed by atoms with E-state index in [9.17, 15) is 4.79 Å². The normalized spacial score (nSPS) is 16.7. The van der Waals surface area contributed by atoms with Gasteiger partial charge in [0.25, 0.3) is 0 Å². The topological polar surface area (TPSA) is 50.4 Å². The fourth-order valence-corrected chi connectivity index (χ4v) is 2.69. The van der Waals surface area contributed by atoms with Crippen LogP contribution >= 0.6 is 12.4 Å². The minimum absolute atomic E-state index is 0. The average Bonchev–Trinajstić information content (AvgIpc) is 3.01. The van der Waals surface area contributed by atoms with Gasteiger partial charge in [0.15, 0.2) is 0 Å². The van der Waals surface area contributed by atoms with Crippen LogP contribution in [0, 0.1) is 13.8 Å². The number of carbonyl (C=O) groups excluding carboxylic acids is 1. The van der Waals surface area contributed by atoms with Gasteiger partial charge in [-0.2, -0.15) is 0 Å². The van der Waals surface area contributed by atoms with Gasteiger partial charge in [0.1, 0.15) is 5.75 Å². The number of nitrogens with one attached hydrogen (secondary N) is 2. The molecule has 1 fully saturated rings. The second kappa shape index (κ2) is 10.5. The number of carbonyl (C=O) groups is 1. The van der Waals surface area contributed by atoms with Gasteiger partial charge in [0.05, 0.1) is 6.61 Å². The Kier molecular flexibility index (Phi) is 9.03. The summed E-state index contributed by atoms with van der Waals surface area (Å²) < 4.78 is 5.80. The first kappa shape index (κ1) is 19.8. The molecule has 0 aromatic heterocycles. The molecule has 4 nitrogen and oxygen atoms in total. The van der Waals surface area contributed by atoms with Gasteiger partial charge >= 0.3 is 0 Å². The number of amides is 1. The zero-order valence-electron chi connectivity index (χ0n) is 14.2. The van der Waals surface area contributed by atoms with Crippen molar-refractivity contribution in [1.29, 1.82) is 0 Å². The molecule has 0 bridgehead atoms. The molecular weight excluding hydrogens is 312 g/mol. The van der Waals surface area contributed by atoms with Crippen molar-refractivity contribution < 1.29 is 9.53 Å². The number of hydrogen-bond acceptors (Lipinski definition) is 3. The van der Waals surface area contributed by atoms with E-state index in [0.717, 1.165) is 37.2 Å². The van der Waals surface area contributed by atoms with Crippen LogP contribution in [-0.4, -0.2) is 31.6 Å². The predicted molar refractivity (Wildman–Crippen MR) is 96.5 cm³/mol. The van der Waals surface area contributed by atoms with Gasteiger partial charge in [-0.3, -0.25) is 4.79 Å². The molecule has 1 saturated heterocycles. The largest absolute Gasteiger partial charge is 0.493 e. The number of unbranched alkanes of at least 4 members (excludes halogenated alkanes) is 1. The van der Waals surface area contributed by atoms with Gasteiger partial charge in [0.2, 0.25) is 5.91 Å². The molecule has 0 spiro atoms. The Morgan fingerprint density at radius 1 is 1.35 bits per heavy atom. The third-order valence-electron chi connectivity index (χ3n) is 4.11. The van der Waals surface area contributed by atoms with Crippen LogP contribution < -0.4 is 15.4 Å². The van der Waals surface area contributed by atoms with Crippen molar-refractivity contribution >= 4 is 18.3 Å². The highest BCUT2D eigenvalue weighted by Crippen LogP contribution is 2.19. The lowest BCUT2D eigenvalue weighted by molar-refractivity contribution is -0.121. The number of aryl methyl sites for hydroxylation is 2. The summed E-state index contributed by atoms with van der Waals surface area (Å²) in [7, 11) is 0. The fourth-order valence-electron chi connectivity index (χ4n) is 2.69. The van der Waals surface area contributed by atoms with Crippen LogP contribution in [0.15, 0.2) is 18.2 Å². The van der Waals surface area contributed by atoms with Crippen LogP contribution in [-0.2, 0) is 4.79 Å². The first-order valence-corrected chi connectivity index (χ1v) is 8.35. The minimum Gasteiger partial charge on any atom is -0.493 e. The number of benzene rings is 1. The highest BCUT2D eigenvalue weighted by Gasteiger charge is 2.14.